The Morgan fingerprint density at radius 1 is 1.19 bits per heavy atom. The molecule has 1 amide bonds. The molecule has 0 unspecified atom stereocenters. The van der Waals surface area contributed by atoms with Crippen LogP contribution in [0.3, 0.4) is 0 Å². The third kappa shape index (κ3) is 3.48. The lowest BCUT2D eigenvalue weighted by atomic mass is 10.1. The van der Waals surface area contributed by atoms with Crippen LogP contribution in [-0.2, 0) is 24.8 Å². The molecule has 0 spiro atoms. The summed E-state index contributed by atoms with van der Waals surface area (Å²) in [6.07, 6.45) is 5.29. The number of rotatable bonds is 5. The number of amides is 1. The largest absolute Gasteiger partial charge is 0.493 e. The maximum atomic E-state index is 13.1. The summed E-state index contributed by atoms with van der Waals surface area (Å²) >= 11 is 0. The minimum absolute atomic E-state index is 0.203. The first-order valence-electron chi connectivity index (χ1n) is 9.51. The van der Waals surface area contributed by atoms with Gasteiger partial charge < -0.3 is 9.64 Å². The van der Waals surface area contributed by atoms with Gasteiger partial charge in [-0.2, -0.15) is 0 Å². The van der Waals surface area contributed by atoms with E-state index in [9.17, 15) is 14.4 Å². The molecule has 8 nitrogen and oxygen atoms in total. The molecular formula is C19H26N4O4. The molecule has 8 heteroatoms. The number of piperidine rings is 1. The van der Waals surface area contributed by atoms with Crippen LogP contribution in [0.15, 0.2) is 15.8 Å². The van der Waals surface area contributed by atoms with E-state index in [4.69, 9.17) is 4.74 Å². The fourth-order valence-corrected chi connectivity index (χ4v) is 3.54. The number of carbonyl (C=O) groups is 1. The van der Waals surface area contributed by atoms with Crippen molar-refractivity contribution in [2.45, 2.75) is 46.1 Å². The van der Waals surface area contributed by atoms with Gasteiger partial charge in [-0.1, -0.05) is 6.92 Å². The van der Waals surface area contributed by atoms with Gasteiger partial charge in [-0.25, -0.2) is 14.3 Å². The highest BCUT2D eigenvalue weighted by atomic mass is 16.5. The molecule has 2 aromatic rings. The second-order valence-corrected chi connectivity index (χ2v) is 6.77. The summed E-state index contributed by atoms with van der Waals surface area (Å²) in [5.74, 6) is 0.246. The lowest BCUT2D eigenvalue weighted by molar-refractivity contribution is -0.132. The summed E-state index contributed by atoms with van der Waals surface area (Å²) < 4.78 is 8.04. The third-order valence-electron chi connectivity index (χ3n) is 5.05. The Morgan fingerprint density at radius 2 is 1.89 bits per heavy atom. The maximum Gasteiger partial charge on any atom is 0.332 e. The normalized spacial score (nSPS) is 14.6. The average Bonchev–Trinajstić information content (AvgIpc) is 2.70. The van der Waals surface area contributed by atoms with Gasteiger partial charge in [0.1, 0.15) is 17.7 Å². The molecule has 2 aromatic heterocycles. The van der Waals surface area contributed by atoms with Crippen molar-refractivity contribution in [3.8, 4) is 5.75 Å². The zero-order valence-corrected chi connectivity index (χ0v) is 16.2. The molecule has 1 saturated heterocycles. The second kappa shape index (κ2) is 7.94. The number of carbonyl (C=O) groups excluding carboxylic acids is 1. The van der Waals surface area contributed by atoms with E-state index >= 15 is 0 Å². The van der Waals surface area contributed by atoms with Crippen molar-refractivity contribution in [2.75, 3.05) is 19.7 Å². The average molecular weight is 374 g/mol. The van der Waals surface area contributed by atoms with Gasteiger partial charge in [-0.3, -0.25) is 14.2 Å². The van der Waals surface area contributed by atoms with Crippen LogP contribution in [-0.4, -0.2) is 44.6 Å². The first kappa shape index (κ1) is 19.1. The second-order valence-electron chi connectivity index (χ2n) is 6.77. The number of hydrogen-bond acceptors (Lipinski definition) is 5. The lowest BCUT2D eigenvalue weighted by Gasteiger charge is -2.27. The number of ether oxygens (including phenoxy) is 1. The van der Waals surface area contributed by atoms with E-state index in [2.05, 4.69) is 4.98 Å². The quantitative estimate of drug-likeness (QED) is 0.781. The molecule has 1 aliphatic rings. The zero-order chi connectivity index (χ0) is 19.6. The third-order valence-corrected chi connectivity index (χ3v) is 5.05. The van der Waals surface area contributed by atoms with E-state index in [0.717, 1.165) is 29.4 Å². The molecule has 1 aliphatic heterocycles. The first-order chi connectivity index (χ1) is 13.0. The Balaban J connectivity index is 2.15. The fraction of sp³-hybridized carbons (Fsp3) is 0.579. The Morgan fingerprint density at radius 3 is 2.52 bits per heavy atom. The monoisotopic (exact) mass is 374 g/mol. The molecule has 3 heterocycles. The van der Waals surface area contributed by atoms with Crippen LogP contribution < -0.4 is 16.0 Å². The van der Waals surface area contributed by atoms with Gasteiger partial charge in [0.05, 0.1) is 6.61 Å². The molecule has 0 bridgehead atoms. The smallest absolute Gasteiger partial charge is 0.332 e. The Kier molecular flexibility index (Phi) is 5.62. The van der Waals surface area contributed by atoms with E-state index in [0.29, 0.717) is 31.9 Å². The highest BCUT2D eigenvalue weighted by molar-refractivity contribution is 5.83. The predicted molar refractivity (Wildman–Crippen MR) is 102 cm³/mol. The van der Waals surface area contributed by atoms with Gasteiger partial charge in [-0.15, -0.1) is 0 Å². The van der Waals surface area contributed by atoms with Gasteiger partial charge in [-0.05, 0) is 32.6 Å². The van der Waals surface area contributed by atoms with Gasteiger partial charge in [0.2, 0.25) is 5.91 Å². The van der Waals surface area contributed by atoms with Crippen LogP contribution >= 0.6 is 0 Å². The van der Waals surface area contributed by atoms with E-state index in [1.165, 1.54) is 4.57 Å². The van der Waals surface area contributed by atoms with Crippen molar-refractivity contribution < 1.29 is 9.53 Å². The van der Waals surface area contributed by atoms with Crippen molar-refractivity contribution in [1.29, 1.82) is 0 Å². The minimum atomic E-state index is -0.544. The molecule has 0 N–H and O–H groups in total. The van der Waals surface area contributed by atoms with Crippen LogP contribution in [0.4, 0.5) is 0 Å². The van der Waals surface area contributed by atoms with Gasteiger partial charge in [0.15, 0.2) is 5.65 Å². The minimum Gasteiger partial charge on any atom is -0.493 e. The number of fused-ring (bicyclic) bond motifs is 1. The molecule has 0 aromatic carbocycles. The summed E-state index contributed by atoms with van der Waals surface area (Å²) in [4.78, 5) is 44.5. The van der Waals surface area contributed by atoms with E-state index in [-0.39, 0.29) is 23.5 Å². The van der Waals surface area contributed by atoms with E-state index < -0.39 is 11.2 Å². The highest BCUT2D eigenvalue weighted by Crippen LogP contribution is 2.25. The lowest BCUT2D eigenvalue weighted by Crippen LogP contribution is -2.45. The molecule has 0 radical (unpaired) electrons. The Bertz CT molecular complexity index is 970. The van der Waals surface area contributed by atoms with Crippen molar-refractivity contribution in [3.05, 3.63) is 32.6 Å². The van der Waals surface area contributed by atoms with Gasteiger partial charge >= 0.3 is 5.69 Å². The summed E-state index contributed by atoms with van der Waals surface area (Å²) in [5.41, 5.74) is 0.00286. The molecule has 146 valence electrons. The van der Waals surface area contributed by atoms with Crippen LogP contribution in [0, 0.1) is 0 Å². The van der Waals surface area contributed by atoms with Gasteiger partial charge in [0, 0.05) is 31.9 Å². The number of pyridine rings is 1. The SMILES string of the molecule is CCOc1c(CC)cnc2c1c(=O)n(CC(=O)N1CCCCC1)c(=O)n2C. The van der Waals surface area contributed by atoms with Crippen molar-refractivity contribution in [3.63, 3.8) is 0 Å². The van der Waals surface area contributed by atoms with Crippen molar-refractivity contribution in [1.82, 2.24) is 19.0 Å². The fourth-order valence-electron chi connectivity index (χ4n) is 3.54. The molecule has 0 saturated carbocycles. The summed E-state index contributed by atoms with van der Waals surface area (Å²) in [6, 6.07) is 0. The molecule has 0 atom stereocenters. The zero-order valence-electron chi connectivity index (χ0n) is 16.2. The van der Waals surface area contributed by atoms with E-state index in [1.807, 2.05) is 13.8 Å². The topological polar surface area (TPSA) is 86.4 Å². The van der Waals surface area contributed by atoms with E-state index in [1.54, 1.807) is 18.1 Å². The predicted octanol–water partition coefficient (Wildman–Crippen LogP) is 1.07. The number of likely N-dealkylation sites (tertiary alicyclic amines) is 1. The van der Waals surface area contributed by atoms with Crippen LogP contribution in [0.1, 0.15) is 38.7 Å². The summed E-state index contributed by atoms with van der Waals surface area (Å²) in [6.45, 7) is 5.27. The van der Waals surface area contributed by atoms with Crippen LogP contribution in [0.25, 0.3) is 11.0 Å². The first-order valence-corrected chi connectivity index (χ1v) is 9.51. The van der Waals surface area contributed by atoms with Crippen molar-refractivity contribution >= 4 is 16.9 Å². The maximum absolute atomic E-state index is 13.1. The number of hydrogen-bond donors (Lipinski definition) is 0. The summed E-state index contributed by atoms with van der Waals surface area (Å²) in [5, 5.41) is 0.254. The number of nitrogens with zero attached hydrogens (tertiary/aromatic N) is 4. The van der Waals surface area contributed by atoms with Gasteiger partial charge in [0.25, 0.3) is 5.56 Å². The Labute approximate surface area is 157 Å². The molecule has 0 aliphatic carbocycles. The van der Waals surface area contributed by atoms with Crippen LogP contribution in [0.2, 0.25) is 0 Å². The molecular weight excluding hydrogens is 348 g/mol. The number of aryl methyl sites for hydroxylation is 2. The standard InChI is InChI=1S/C19H26N4O4/c1-4-13-11-20-17-15(16(13)27-5-2)18(25)23(19(26)21(17)3)12-14(24)22-9-7-6-8-10-22/h11H,4-10,12H2,1-3H3. The summed E-state index contributed by atoms with van der Waals surface area (Å²) in [7, 11) is 1.56. The number of aromatic nitrogens is 3. The molecule has 27 heavy (non-hydrogen) atoms. The highest BCUT2D eigenvalue weighted by Gasteiger charge is 2.22. The molecule has 3 rings (SSSR count). The van der Waals surface area contributed by atoms with Crippen molar-refractivity contribution in [2.24, 2.45) is 7.05 Å². The molecule has 1 fully saturated rings. The van der Waals surface area contributed by atoms with Crippen LogP contribution in [0.5, 0.6) is 5.75 Å². The Hall–Kier alpha value is -2.64.